The Morgan fingerprint density at radius 2 is 1.95 bits per heavy atom. The number of hydrogen-bond donors (Lipinski definition) is 0. The first kappa shape index (κ1) is 13.7. The number of nitriles is 1. The molecule has 0 radical (unpaired) electrons. The molecule has 0 unspecified atom stereocenters. The average Bonchev–Trinajstić information content (AvgIpc) is 2.41. The lowest BCUT2D eigenvalue weighted by atomic mass is 10.1. The van der Waals surface area contributed by atoms with Gasteiger partial charge in [-0.3, -0.25) is 4.79 Å². The molecule has 0 bridgehead atoms. The molecule has 0 saturated heterocycles. The van der Waals surface area contributed by atoms with Crippen molar-refractivity contribution in [3.63, 3.8) is 0 Å². The minimum atomic E-state index is 0.00979. The first-order valence-corrected chi connectivity index (χ1v) is 6.78. The zero-order valence-corrected chi connectivity index (χ0v) is 11.8. The molecule has 0 amide bonds. The Morgan fingerprint density at radius 3 is 2.63 bits per heavy atom. The number of nitrogens with zero attached hydrogens (tertiary/aromatic N) is 1. The van der Waals surface area contributed by atoms with Gasteiger partial charge in [-0.15, -0.1) is 0 Å². The molecule has 0 aliphatic heterocycles. The van der Waals surface area contributed by atoms with Gasteiger partial charge in [0.25, 0.3) is 0 Å². The summed E-state index contributed by atoms with van der Waals surface area (Å²) in [5.41, 5.74) is 1.17. The van der Waals surface area contributed by atoms with E-state index in [4.69, 9.17) is 16.9 Å². The number of ketones is 1. The van der Waals surface area contributed by atoms with Gasteiger partial charge in [-0.2, -0.15) is 5.26 Å². The Balaban J connectivity index is 2.43. The summed E-state index contributed by atoms with van der Waals surface area (Å²) < 4.78 is 0. The van der Waals surface area contributed by atoms with Gasteiger partial charge in [0.2, 0.25) is 0 Å². The number of carbonyl (C=O) groups is 1. The molecule has 0 fully saturated rings. The van der Waals surface area contributed by atoms with Crippen molar-refractivity contribution in [1.29, 1.82) is 5.26 Å². The molecule has 0 spiro atoms. The number of carbonyl (C=O) groups excluding carboxylic acids is 1. The van der Waals surface area contributed by atoms with E-state index in [0.717, 1.165) is 9.79 Å². The fourth-order valence-electron chi connectivity index (χ4n) is 1.64. The maximum absolute atomic E-state index is 11.6. The summed E-state index contributed by atoms with van der Waals surface area (Å²) in [4.78, 5) is 13.2. The molecule has 0 aliphatic carbocycles. The molecule has 2 aromatic carbocycles. The fourth-order valence-corrected chi connectivity index (χ4v) is 2.87. The van der Waals surface area contributed by atoms with Crippen molar-refractivity contribution >= 4 is 29.1 Å². The molecule has 2 nitrogen and oxygen atoms in total. The summed E-state index contributed by atoms with van der Waals surface area (Å²) in [5.74, 6) is 0.00979. The lowest BCUT2D eigenvalue weighted by Gasteiger charge is -2.07. The van der Waals surface area contributed by atoms with Crippen molar-refractivity contribution in [2.24, 2.45) is 0 Å². The van der Waals surface area contributed by atoms with Crippen LogP contribution in [0.4, 0.5) is 0 Å². The van der Waals surface area contributed by atoms with E-state index in [1.807, 2.05) is 18.2 Å². The first-order valence-electron chi connectivity index (χ1n) is 5.59. The normalized spacial score (nSPS) is 9.95. The third-order valence-electron chi connectivity index (χ3n) is 2.55. The van der Waals surface area contributed by atoms with E-state index in [1.54, 1.807) is 24.3 Å². The van der Waals surface area contributed by atoms with Crippen LogP contribution >= 0.6 is 23.4 Å². The standard InChI is InChI=1S/C15H10ClNOS/c1-10(18)13-4-2-3-5-15(13)19-14-7-6-12(16)8-11(14)9-17/h2-8H,1H3. The van der Waals surface area contributed by atoms with E-state index in [0.29, 0.717) is 16.1 Å². The van der Waals surface area contributed by atoms with Crippen molar-refractivity contribution in [1.82, 2.24) is 0 Å². The second kappa shape index (κ2) is 5.92. The molecule has 0 N–H and O–H groups in total. The van der Waals surface area contributed by atoms with E-state index in [9.17, 15) is 4.79 Å². The summed E-state index contributed by atoms with van der Waals surface area (Å²) in [7, 11) is 0. The van der Waals surface area contributed by atoms with E-state index < -0.39 is 0 Å². The summed E-state index contributed by atoms with van der Waals surface area (Å²) in [6.45, 7) is 1.53. The van der Waals surface area contributed by atoms with E-state index >= 15 is 0 Å². The second-order valence-electron chi connectivity index (χ2n) is 3.91. The Labute approximate surface area is 121 Å². The van der Waals surface area contributed by atoms with Crippen molar-refractivity contribution in [2.75, 3.05) is 0 Å². The second-order valence-corrected chi connectivity index (χ2v) is 5.43. The Morgan fingerprint density at radius 1 is 1.21 bits per heavy atom. The quantitative estimate of drug-likeness (QED) is 0.777. The SMILES string of the molecule is CC(=O)c1ccccc1Sc1ccc(Cl)cc1C#N. The third-order valence-corrected chi connectivity index (χ3v) is 3.94. The molecule has 0 aromatic heterocycles. The van der Waals surface area contributed by atoms with E-state index in [2.05, 4.69) is 6.07 Å². The molecule has 0 atom stereocenters. The first-order chi connectivity index (χ1) is 9.11. The van der Waals surface area contributed by atoms with Crippen LogP contribution in [0.15, 0.2) is 52.3 Å². The molecular formula is C15H10ClNOS. The van der Waals surface area contributed by atoms with Crippen LogP contribution in [0.5, 0.6) is 0 Å². The molecule has 0 saturated carbocycles. The van der Waals surface area contributed by atoms with Crippen LogP contribution in [-0.4, -0.2) is 5.78 Å². The highest BCUT2D eigenvalue weighted by molar-refractivity contribution is 7.99. The van der Waals surface area contributed by atoms with Crippen LogP contribution < -0.4 is 0 Å². The highest BCUT2D eigenvalue weighted by atomic mass is 35.5. The Hall–Kier alpha value is -1.76. The van der Waals surface area contributed by atoms with Crippen LogP contribution in [-0.2, 0) is 0 Å². The molecule has 4 heteroatoms. The van der Waals surface area contributed by atoms with Gasteiger partial charge in [0, 0.05) is 20.4 Å². The van der Waals surface area contributed by atoms with Gasteiger partial charge in [0.15, 0.2) is 5.78 Å². The van der Waals surface area contributed by atoms with E-state index in [1.165, 1.54) is 18.7 Å². The maximum Gasteiger partial charge on any atom is 0.160 e. The van der Waals surface area contributed by atoms with Gasteiger partial charge in [-0.1, -0.05) is 41.6 Å². The predicted octanol–water partition coefficient (Wildman–Crippen LogP) is 4.57. The number of hydrogen-bond acceptors (Lipinski definition) is 3. The number of Topliss-reactive ketones (excluding diaryl/α,β-unsaturated/α-hetero) is 1. The Bertz CT molecular complexity index is 676. The number of rotatable bonds is 3. The molecule has 0 heterocycles. The molecular weight excluding hydrogens is 278 g/mol. The average molecular weight is 288 g/mol. The lowest BCUT2D eigenvalue weighted by molar-refractivity contribution is 0.101. The molecule has 0 aliphatic rings. The van der Waals surface area contributed by atoms with Gasteiger partial charge in [-0.25, -0.2) is 0 Å². The third kappa shape index (κ3) is 3.17. The summed E-state index contributed by atoms with van der Waals surface area (Å²) >= 11 is 7.27. The minimum Gasteiger partial charge on any atom is -0.294 e. The van der Waals surface area contributed by atoms with Gasteiger partial charge >= 0.3 is 0 Å². The zero-order valence-electron chi connectivity index (χ0n) is 10.2. The zero-order chi connectivity index (χ0) is 13.8. The van der Waals surface area contributed by atoms with Crippen LogP contribution in [0.1, 0.15) is 22.8 Å². The van der Waals surface area contributed by atoms with Crippen LogP contribution in [0.2, 0.25) is 5.02 Å². The van der Waals surface area contributed by atoms with Gasteiger partial charge < -0.3 is 0 Å². The molecule has 19 heavy (non-hydrogen) atoms. The largest absolute Gasteiger partial charge is 0.294 e. The highest BCUT2D eigenvalue weighted by Crippen LogP contribution is 2.33. The van der Waals surface area contributed by atoms with Crippen LogP contribution in [0, 0.1) is 11.3 Å². The minimum absolute atomic E-state index is 0.00979. The maximum atomic E-state index is 11.6. The fraction of sp³-hybridized carbons (Fsp3) is 0.0667. The van der Waals surface area contributed by atoms with Crippen molar-refractivity contribution in [3.05, 3.63) is 58.6 Å². The van der Waals surface area contributed by atoms with Gasteiger partial charge in [-0.05, 0) is 31.2 Å². The molecule has 2 aromatic rings. The topological polar surface area (TPSA) is 40.9 Å². The summed E-state index contributed by atoms with van der Waals surface area (Å²) in [6, 6.07) is 14.6. The summed E-state index contributed by atoms with van der Waals surface area (Å²) in [5, 5.41) is 9.64. The number of halogens is 1. The lowest BCUT2D eigenvalue weighted by Crippen LogP contribution is -1.94. The highest BCUT2D eigenvalue weighted by Gasteiger charge is 2.10. The van der Waals surface area contributed by atoms with Gasteiger partial charge in [0.05, 0.1) is 5.56 Å². The predicted molar refractivity (Wildman–Crippen MR) is 76.7 cm³/mol. The smallest absolute Gasteiger partial charge is 0.160 e. The van der Waals surface area contributed by atoms with Crippen molar-refractivity contribution < 1.29 is 4.79 Å². The molecule has 2 rings (SSSR count). The monoisotopic (exact) mass is 287 g/mol. The molecule has 94 valence electrons. The Kier molecular flexibility index (Phi) is 4.26. The van der Waals surface area contributed by atoms with Crippen molar-refractivity contribution in [3.8, 4) is 6.07 Å². The summed E-state index contributed by atoms with van der Waals surface area (Å²) in [6.07, 6.45) is 0. The number of benzene rings is 2. The van der Waals surface area contributed by atoms with Crippen LogP contribution in [0.25, 0.3) is 0 Å². The van der Waals surface area contributed by atoms with E-state index in [-0.39, 0.29) is 5.78 Å². The van der Waals surface area contributed by atoms with Crippen LogP contribution in [0.3, 0.4) is 0 Å². The van der Waals surface area contributed by atoms with Crippen molar-refractivity contribution in [2.45, 2.75) is 16.7 Å². The van der Waals surface area contributed by atoms with Gasteiger partial charge in [0.1, 0.15) is 6.07 Å².